The first kappa shape index (κ1) is 14.7. The normalized spacial score (nSPS) is 11.2. The number of pyridine rings is 1. The van der Waals surface area contributed by atoms with Crippen LogP contribution in [0.15, 0.2) is 51.9 Å². The number of benzene rings is 1. The van der Waals surface area contributed by atoms with Crippen LogP contribution >= 0.6 is 11.6 Å². The zero-order valence-electron chi connectivity index (χ0n) is 12.8. The second-order valence-electron chi connectivity index (χ2n) is 5.24. The van der Waals surface area contributed by atoms with Crippen molar-refractivity contribution >= 4 is 39.5 Å². The molecule has 7 heteroatoms. The molecule has 3 heterocycles. The molecule has 24 heavy (non-hydrogen) atoms. The first-order valence-corrected chi connectivity index (χ1v) is 7.86. The minimum atomic E-state index is -0.408. The monoisotopic (exact) mass is 340 g/mol. The Morgan fingerprint density at radius 1 is 1.33 bits per heavy atom. The van der Waals surface area contributed by atoms with Gasteiger partial charge in [-0.15, -0.1) is 0 Å². The minimum absolute atomic E-state index is 0.408. The Balaban J connectivity index is 2.21. The van der Waals surface area contributed by atoms with Crippen LogP contribution in [0.5, 0.6) is 0 Å². The molecule has 1 aromatic carbocycles. The van der Waals surface area contributed by atoms with Crippen LogP contribution in [-0.4, -0.2) is 21.1 Å². The average molecular weight is 341 g/mol. The maximum Gasteiger partial charge on any atom is 0.354 e. The fourth-order valence-electron chi connectivity index (χ4n) is 2.74. The molecule has 3 aromatic heterocycles. The van der Waals surface area contributed by atoms with Gasteiger partial charge in [-0.3, -0.25) is 9.55 Å². The molecule has 4 aromatic rings. The highest BCUT2D eigenvalue weighted by Crippen LogP contribution is 2.33. The van der Waals surface area contributed by atoms with Crippen molar-refractivity contribution in [2.24, 2.45) is 0 Å². The predicted octanol–water partition coefficient (Wildman–Crippen LogP) is 3.61. The van der Waals surface area contributed by atoms with Gasteiger partial charge in [0.25, 0.3) is 0 Å². The Morgan fingerprint density at radius 3 is 2.96 bits per heavy atom. The number of halogens is 1. The molecule has 6 nitrogen and oxygen atoms in total. The lowest BCUT2D eigenvalue weighted by atomic mass is 10.2. The van der Waals surface area contributed by atoms with E-state index in [1.807, 2.05) is 6.92 Å². The van der Waals surface area contributed by atoms with Crippen molar-refractivity contribution in [1.82, 2.24) is 14.5 Å². The maximum absolute atomic E-state index is 12.7. The van der Waals surface area contributed by atoms with Gasteiger partial charge in [-0.05, 0) is 37.3 Å². The lowest BCUT2D eigenvalue weighted by molar-refractivity contribution is 0.664. The van der Waals surface area contributed by atoms with E-state index in [0.717, 1.165) is 5.39 Å². The van der Waals surface area contributed by atoms with Gasteiger partial charge < -0.3 is 9.73 Å². The predicted molar refractivity (Wildman–Crippen MR) is 94.1 cm³/mol. The fourth-order valence-corrected chi connectivity index (χ4v) is 2.92. The van der Waals surface area contributed by atoms with Gasteiger partial charge in [-0.1, -0.05) is 11.6 Å². The molecule has 0 aliphatic heterocycles. The Bertz CT molecular complexity index is 1100. The molecule has 0 fully saturated rings. The summed E-state index contributed by atoms with van der Waals surface area (Å²) in [6.45, 7) is 2.55. The lowest BCUT2D eigenvalue weighted by Gasteiger charge is -2.09. The highest BCUT2D eigenvalue weighted by atomic mass is 35.5. The molecule has 1 N–H and O–H groups in total. The molecule has 0 atom stereocenters. The molecular formula is C17H13ClN4O2. The quantitative estimate of drug-likeness (QED) is 0.616. The van der Waals surface area contributed by atoms with Gasteiger partial charge >= 0.3 is 5.69 Å². The number of anilines is 1. The van der Waals surface area contributed by atoms with Crippen molar-refractivity contribution in [2.45, 2.75) is 6.92 Å². The van der Waals surface area contributed by atoms with E-state index in [0.29, 0.717) is 39.8 Å². The van der Waals surface area contributed by atoms with Crippen LogP contribution in [0.25, 0.3) is 27.8 Å². The van der Waals surface area contributed by atoms with Crippen LogP contribution in [0.3, 0.4) is 0 Å². The first-order valence-electron chi connectivity index (χ1n) is 7.48. The van der Waals surface area contributed by atoms with Crippen LogP contribution in [0.2, 0.25) is 5.02 Å². The second-order valence-corrected chi connectivity index (χ2v) is 5.68. The Hall–Kier alpha value is -2.86. The zero-order valence-corrected chi connectivity index (χ0v) is 13.5. The van der Waals surface area contributed by atoms with Gasteiger partial charge in [0.15, 0.2) is 11.4 Å². The van der Waals surface area contributed by atoms with E-state index in [2.05, 4.69) is 15.3 Å². The summed E-state index contributed by atoms with van der Waals surface area (Å²) in [4.78, 5) is 20.9. The summed E-state index contributed by atoms with van der Waals surface area (Å²) in [5.74, 6) is 0.421. The van der Waals surface area contributed by atoms with Gasteiger partial charge in [-0.25, -0.2) is 4.79 Å². The summed E-state index contributed by atoms with van der Waals surface area (Å²) in [5.41, 5.74) is 1.98. The summed E-state index contributed by atoms with van der Waals surface area (Å²) in [6, 6.07) is 8.88. The molecule has 0 bridgehead atoms. The molecule has 0 saturated heterocycles. The number of hydrogen-bond donors (Lipinski definition) is 1. The molecule has 0 aliphatic rings. The van der Waals surface area contributed by atoms with Crippen LogP contribution in [0.1, 0.15) is 6.92 Å². The molecule has 0 radical (unpaired) electrons. The number of fused-ring (bicyclic) bond motifs is 3. The summed E-state index contributed by atoms with van der Waals surface area (Å²) in [6.07, 6.45) is 3.26. The van der Waals surface area contributed by atoms with E-state index in [-0.39, 0.29) is 0 Å². The van der Waals surface area contributed by atoms with Crippen molar-refractivity contribution in [1.29, 1.82) is 0 Å². The topological polar surface area (TPSA) is 73.0 Å². The summed E-state index contributed by atoms with van der Waals surface area (Å²) >= 11 is 6.14. The van der Waals surface area contributed by atoms with Gasteiger partial charge in [0.05, 0.1) is 11.9 Å². The highest BCUT2D eigenvalue weighted by molar-refractivity contribution is 6.31. The highest BCUT2D eigenvalue weighted by Gasteiger charge is 2.19. The van der Waals surface area contributed by atoms with Gasteiger partial charge in [0.1, 0.15) is 11.1 Å². The van der Waals surface area contributed by atoms with Crippen molar-refractivity contribution in [3.8, 4) is 5.69 Å². The molecule has 0 spiro atoms. The average Bonchev–Trinajstić information content (AvgIpc) is 2.95. The largest absolute Gasteiger partial charge is 0.450 e. The van der Waals surface area contributed by atoms with Gasteiger partial charge in [0, 0.05) is 23.2 Å². The minimum Gasteiger partial charge on any atom is -0.450 e. The summed E-state index contributed by atoms with van der Waals surface area (Å²) in [5, 5.41) is 4.40. The number of nitrogens with one attached hydrogen (secondary N) is 1. The Morgan fingerprint density at radius 2 is 2.21 bits per heavy atom. The van der Waals surface area contributed by atoms with Crippen molar-refractivity contribution in [3.05, 3.63) is 58.2 Å². The molecule has 120 valence electrons. The van der Waals surface area contributed by atoms with Crippen LogP contribution < -0.4 is 11.0 Å². The molecule has 4 rings (SSSR count). The third-order valence-electron chi connectivity index (χ3n) is 3.71. The maximum atomic E-state index is 12.7. The Labute approximate surface area is 141 Å². The van der Waals surface area contributed by atoms with Crippen molar-refractivity contribution < 1.29 is 4.42 Å². The summed E-state index contributed by atoms with van der Waals surface area (Å²) in [7, 11) is 0. The zero-order chi connectivity index (χ0) is 16.7. The van der Waals surface area contributed by atoms with E-state index in [1.54, 1.807) is 42.7 Å². The fraction of sp³-hybridized carbons (Fsp3) is 0.118. The van der Waals surface area contributed by atoms with E-state index < -0.39 is 5.69 Å². The van der Waals surface area contributed by atoms with E-state index in [4.69, 9.17) is 16.0 Å². The van der Waals surface area contributed by atoms with Crippen LogP contribution in [-0.2, 0) is 0 Å². The Kier molecular flexibility index (Phi) is 3.46. The second kappa shape index (κ2) is 5.65. The number of nitrogens with zero attached hydrogens (tertiary/aromatic N) is 3. The van der Waals surface area contributed by atoms with E-state index >= 15 is 0 Å². The lowest BCUT2D eigenvalue weighted by Crippen LogP contribution is -2.23. The SMILES string of the molecule is CCNc1nc(=O)n(-c2cccnc2)c2c1oc1ccc(Cl)cc12. The molecule has 0 aliphatic carbocycles. The van der Waals surface area contributed by atoms with Gasteiger partial charge in [0.2, 0.25) is 0 Å². The third kappa shape index (κ3) is 2.23. The molecular weight excluding hydrogens is 328 g/mol. The standard InChI is InChI=1S/C17H13ClN4O2/c1-2-20-16-15-14(12-8-10(18)5-6-13(12)24-15)22(17(23)21-16)11-4-3-7-19-9-11/h3-9H,2H2,1H3,(H,20,21,23). The van der Waals surface area contributed by atoms with Crippen LogP contribution in [0.4, 0.5) is 5.82 Å². The number of hydrogen-bond acceptors (Lipinski definition) is 5. The number of furan rings is 1. The van der Waals surface area contributed by atoms with E-state index in [1.165, 1.54) is 4.57 Å². The third-order valence-corrected chi connectivity index (χ3v) is 3.94. The smallest absolute Gasteiger partial charge is 0.354 e. The summed E-state index contributed by atoms with van der Waals surface area (Å²) < 4.78 is 7.44. The molecule has 0 saturated carbocycles. The molecule has 0 unspecified atom stereocenters. The van der Waals surface area contributed by atoms with E-state index in [9.17, 15) is 4.79 Å². The van der Waals surface area contributed by atoms with Crippen molar-refractivity contribution in [2.75, 3.05) is 11.9 Å². The van der Waals surface area contributed by atoms with Crippen molar-refractivity contribution in [3.63, 3.8) is 0 Å². The molecule has 0 amide bonds. The first-order chi connectivity index (χ1) is 11.7. The van der Waals surface area contributed by atoms with Gasteiger partial charge in [-0.2, -0.15) is 4.98 Å². The van der Waals surface area contributed by atoms with Crippen LogP contribution in [0, 0.1) is 0 Å². The number of rotatable bonds is 3. The number of aromatic nitrogens is 3.